The Morgan fingerprint density at radius 3 is 2.62 bits per heavy atom. The number of pyridine rings is 1. The number of nitrogens with zero attached hydrogens (tertiary/aromatic N) is 2. The van der Waals surface area contributed by atoms with Gasteiger partial charge in [0.2, 0.25) is 0 Å². The lowest BCUT2D eigenvalue weighted by Crippen LogP contribution is -2.12. The van der Waals surface area contributed by atoms with Crippen LogP contribution in [0.4, 0.5) is 0 Å². The van der Waals surface area contributed by atoms with E-state index in [1.807, 2.05) is 26.0 Å². The zero-order valence-electron chi connectivity index (χ0n) is 13.5. The molecule has 0 aliphatic rings. The van der Waals surface area contributed by atoms with Gasteiger partial charge in [0.1, 0.15) is 11.1 Å². The predicted octanol–water partition coefficient (Wildman–Crippen LogP) is 4.56. The fourth-order valence-electron chi connectivity index (χ4n) is 1.85. The lowest BCUT2D eigenvalue weighted by molar-refractivity contribution is -0.141. The number of rotatable bonds is 6. The van der Waals surface area contributed by atoms with Gasteiger partial charge in [0.05, 0.1) is 23.6 Å². The quantitative estimate of drug-likeness (QED) is 0.558. The lowest BCUT2D eigenvalue weighted by Gasteiger charge is -2.08. The molecule has 0 N–H and O–H groups in total. The van der Waals surface area contributed by atoms with Gasteiger partial charge in [-0.3, -0.25) is 4.79 Å². The maximum absolute atomic E-state index is 11.7. The first-order valence-corrected chi connectivity index (χ1v) is 8.81. The van der Waals surface area contributed by atoms with E-state index >= 15 is 0 Å². The van der Waals surface area contributed by atoms with Crippen LogP contribution in [0.2, 0.25) is 5.02 Å². The highest BCUT2D eigenvalue weighted by Gasteiger charge is 2.12. The van der Waals surface area contributed by atoms with Crippen LogP contribution in [0.1, 0.15) is 19.4 Å². The number of hydrogen-bond donors (Lipinski definition) is 0. The molecular formula is C18H17ClN2O2S. The van der Waals surface area contributed by atoms with Crippen molar-refractivity contribution in [3.63, 3.8) is 0 Å². The zero-order valence-corrected chi connectivity index (χ0v) is 15.0. The second kappa shape index (κ2) is 8.72. The molecule has 1 aromatic heterocycles. The predicted molar refractivity (Wildman–Crippen MR) is 95.9 cm³/mol. The number of halogens is 1. The van der Waals surface area contributed by atoms with E-state index in [0.717, 1.165) is 11.3 Å². The van der Waals surface area contributed by atoms with Crippen LogP contribution in [0, 0.1) is 17.2 Å². The number of nitriles is 1. The molecule has 0 saturated carbocycles. The molecule has 124 valence electrons. The van der Waals surface area contributed by atoms with E-state index in [9.17, 15) is 10.1 Å². The van der Waals surface area contributed by atoms with Crippen molar-refractivity contribution in [2.24, 2.45) is 5.92 Å². The summed E-state index contributed by atoms with van der Waals surface area (Å²) < 4.78 is 5.14. The molecule has 2 aromatic rings. The summed E-state index contributed by atoms with van der Waals surface area (Å²) >= 11 is 7.10. The molecule has 1 heterocycles. The maximum atomic E-state index is 11.7. The van der Waals surface area contributed by atoms with Gasteiger partial charge in [-0.15, -0.1) is 0 Å². The van der Waals surface area contributed by atoms with Gasteiger partial charge >= 0.3 is 5.97 Å². The fourth-order valence-corrected chi connectivity index (χ4v) is 2.74. The van der Waals surface area contributed by atoms with E-state index in [0.29, 0.717) is 28.1 Å². The summed E-state index contributed by atoms with van der Waals surface area (Å²) in [6.45, 7) is 4.35. The second-order valence-electron chi connectivity index (χ2n) is 5.53. The van der Waals surface area contributed by atoms with Crippen LogP contribution >= 0.6 is 23.4 Å². The van der Waals surface area contributed by atoms with E-state index in [-0.39, 0.29) is 11.7 Å². The minimum absolute atomic E-state index is 0.123. The van der Waals surface area contributed by atoms with Crippen molar-refractivity contribution in [2.75, 3.05) is 12.4 Å². The van der Waals surface area contributed by atoms with Crippen molar-refractivity contribution in [1.29, 1.82) is 5.26 Å². The zero-order chi connectivity index (χ0) is 17.5. The van der Waals surface area contributed by atoms with Crippen LogP contribution in [-0.2, 0) is 9.53 Å². The fraction of sp³-hybridized carbons (Fsp3) is 0.278. The van der Waals surface area contributed by atoms with Gasteiger partial charge in [0.25, 0.3) is 0 Å². The molecule has 0 atom stereocenters. The van der Waals surface area contributed by atoms with E-state index < -0.39 is 0 Å². The number of carbonyl (C=O) groups excluding carboxylic acids is 1. The second-order valence-corrected chi connectivity index (χ2v) is 6.93. The Morgan fingerprint density at radius 2 is 2.00 bits per heavy atom. The van der Waals surface area contributed by atoms with E-state index in [4.69, 9.17) is 16.3 Å². The van der Waals surface area contributed by atoms with E-state index in [1.165, 1.54) is 11.8 Å². The number of benzene rings is 1. The van der Waals surface area contributed by atoms with Gasteiger partial charge in [-0.2, -0.15) is 5.26 Å². The van der Waals surface area contributed by atoms with Crippen LogP contribution in [0.15, 0.2) is 41.4 Å². The summed E-state index contributed by atoms with van der Waals surface area (Å²) in [6.07, 6.45) is 0. The standard InChI is InChI=1S/C18H17ClN2O2S/c1-12(2)10-23-17(22)11-24-18-14(9-20)5-8-16(21-18)13-3-6-15(19)7-4-13/h3-8,12H,10-11H2,1-2H3. The topological polar surface area (TPSA) is 63.0 Å². The van der Waals surface area contributed by atoms with Crippen LogP contribution in [0.3, 0.4) is 0 Å². The van der Waals surface area contributed by atoms with Crippen molar-refractivity contribution in [3.8, 4) is 17.3 Å². The number of hydrogen-bond acceptors (Lipinski definition) is 5. The molecule has 2 rings (SSSR count). The first-order valence-electron chi connectivity index (χ1n) is 7.45. The third-order valence-corrected chi connectivity index (χ3v) is 4.24. The summed E-state index contributed by atoms with van der Waals surface area (Å²) in [7, 11) is 0. The van der Waals surface area contributed by atoms with Crippen molar-refractivity contribution in [2.45, 2.75) is 18.9 Å². The van der Waals surface area contributed by atoms with Gasteiger partial charge in [0.15, 0.2) is 0 Å². The SMILES string of the molecule is CC(C)COC(=O)CSc1nc(-c2ccc(Cl)cc2)ccc1C#N. The van der Waals surface area contributed by atoms with Crippen LogP contribution in [0.25, 0.3) is 11.3 Å². The molecule has 0 spiro atoms. The Hall–Kier alpha value is -2.03. The van der Waals surface area contributed by atoms with Crippen LogP contribution in [-0.4, -0.2) is 23.3 Å². The first kappa shape index (κ1) is 18.3. The van der Waals surface area contributed by atoms with Crippen LogP contribution < -0.4 is 0 Å². The largest absolute Gasteiger partial charge is 0.465 e. The van der Waals surface area contributed by atoms with Gasteiger partial charge in [-0.25, -0.2) is 4.98 Å². The molecule has 0 amide bonds. The summed E-state index contributed by atoms with van der Waals surface area (Å²) in [5.74, 6) is 0.106. The normalized spacial score (nSPS) is 10.5. The van der Waals surface area contributed by atoms with Crippen molar-refractivity contribution in [1.82, 2.24) is 4.98 Å². The number of ether oxygens (including phenoxy) is 1. The van der Waals surface area contributed by atoms with E-state index in [1.54, 1.807) is 24.3 Å². The molecule has 0 bridgehead atoms. The Bertz CT molecular complexity index is 755. The molecule has 0 unspecified atom stereocenters. The molecule has 6 heteroatoms. The first-order chi connectivity index (χ1) is 11.5. The molecule has 0 radical (unpaired) electrons. The van der Waals surface area contributed by atoms with E-state index in [2.05, 4.69) is 11.1 Å². The number of esters is 1. The molecule has 0 fully saturated rings. The molecule has 0 aliphatic heterocycles. The number of thioether (sulfide) groups is 1. The Kier molecular flexibility index (Phi) is 6.65. The summed E-state index contributed by atoms with van der Waals surface area (Å²) in [5, 5.41) is 10.4. The molecule has 4 nitrogen and oxygen atoms in total. The minimum Gasteiger partial charge on any atom is -0.465 e. The summed E-state index contributed by atoms with van der Waals surface area (Å²) in [5.41, 5.74) is 2.06. The van der Waals surface area contributed by atoms with Gasteiger partial charge in [-0.1, -0.05) is 49.3 Å². The monoisotopic (exact) mass is 360 g/mol. The highest BCUT2D eigenvalue weighted by Crippen LogP contribution is 2.26. The number of aromatic nitrogens is 1. The third-order valence-electron chi connectivity index (χ3n) is 3.03. The van der Waals surface area contributed by atoms with Gasteiger partial charge in [0, 0.05) is 10.6 Å². The maximum Gasteiger partial charge on any atom is 0.316 e. The smallest absolute Gasteiger partial charge is 0.316 e. The van der Waals surface area contributed by atoms with Crippen molar-refractivity contribution in [3.05, 3.63) is 47.0 Å². The summed E-state index contributed by atoms with van der Waals surface area (Å²) in [6, 6.07) is 12.9. The van der Waals surface area contributed by atoms with Crippen molar-refractivity contribution >= 4 is 29.3 Å². The Morgan fingerprint density at radius 1 is 1.29 bits per heavy atom. The highest BCUT2D eigenvalue weighted by atomic mass is 35.5. The average Bonchev–Trinajstić information content (AvgIpc) is 2.58. The molecule has 0 aliphatic carbocycles. The Balaban J connectivity index is 2.13. The molecule has 1 aromatic carbocycles. The highest BCUT2D eigenvalue weighted by molar-refractivity contribution is 7.99. The number of carbonyl (C=O) groups is 1. The van der Waals surface area contributed by atoms with Crippen LogP contribution in [0.5, 0.6) is 0 Å². The third kappa shape index (κ3) is 5.26. The molecular weight excluding hydrogens is 344 g/mol. The van der Waals surface area contributed by atoms with Gasteiger partial charge in [-0.05, 0) is 30.2 Å². The van der Waals surface area contributed by atoms with Crippen molar-refractivity contribution < 1.29 is 9.53 Å². The Labute approximate surface area is 150 Å². The van der Waals surface area contributed by atoms with Gasteiger partial charge < -0.3 is 4.74 Å². The molecule has 24 heavy (non-hydrogen) atoms. The molecule has 0 saturated heterocycles. The summed E-state index contributed by atoms with van der Waals surface area (Å²) in [4.78, 5) is 16.2. The minimum atomic E-state index is -0.309. The lowest BCUT2D eigenvalue weighted by atomic mass is 10.1. The average molecular weight is 361 g/mol.